The first-order chi connectivity index (χ1) is 9.63. The van der Waals surface area contributed by atoms with Crippen LogP contribution in [0.1, 0.15) is 31.4 Å². The zero-order chi connectivity index (χ0) is 14.5. The van der Waals surface area contributed by atoms with Crippen molar-refractivity contribution in [2.45, 2.75) is 33.1 Å². The number of allylic oxidation sites excluding steroid dienone is 4. The van der Waals surface area contributed by atoms with Crippen molar-refractivity contribution in [2.24, 2.45) is 4.99 Å². The Bertz CT molecular complexity index is 606. The first kappa shape index (κ1) is 14.4. The minimum Gasteiger partial charge on any atom is -0.257 e. The van der Waals surface area contributed by atoms with Crippen molar-refractivity contribution < 1.29 is 4.39 Å². The predicted molar refractivity (Wildman–Crippen MR) is 83.6 cm³/mol. The van der Waals surface area contributed by atoms with Gasteiger partial charge in [-0.05, 0) is 48.1 Å². The van der Waals surface area contributed by atoms with E-state index < -0.39 is 0 Å². The van der Waals surface area contributed by atoms with Crippen LogP contribution in [0.4, 0.5) is 4.39 Å². The molecule has 0 radical (unpaired) electrons. The van der Waals surface area contributed by atoms with Crippen molar-refractivity contribution in [3.8, 4) is 0 Å². The fourth-order valence-corrected chi connectivity index (χ4v) is 2.01. The maximum Gasteiger partial charge on any atom is 0.127 e. The minimum atomic E-state index is -0.157. The Morgan fingerprint density at radius 2 is 2.20 bits per heavy atom. The van der Waals surface area contributed by atoms with Crippen molar-refractivity contribution in [3.63, 3.8) is 0 Å². The Balaban J connectivity index is 2.01. The van der Waals surface area contributed by atoms with Crippen LogP contribution >= 0.6 is 0 Å². The molecule has 20 heavy (non-hydrogen) atoms. The molecule has 1 aromatic rings. The Kier molecular flexibility index (Phi) is 4.67. The van der Waals surface area contributed by atoms with Crippen LogP contribution in [-0.4, -0.2) is 6.21 Å². The van der Waals surface area contributed by atoms with E-state index in [-0.39, 0.29) is 5.82 Å². The van der Waals surface area contributed by atoms with E-state index in [0.29, 0.717) is 12.0 Å². The smallest absolute Gasteiger partial charge is 0.127 e. The number of nitrogens with zero attached hydrogens (tertiary/aromatic N) is 1. The van der Waals surface area contributed by atoms with Crippen LogP contribution in [0.3, 0.4) is 0 Å². The summed E-state index contributed by atoms with van der Waals surface area (Å²) in [5, 5.41) is 0. The summed E-state index contributed by atoms with van der Waals surface area (Å²) in [5.41, 5.74) is 4.77. The van der Waals surface area contributed by atoms with Gasteiger partial charge in [-0.3, -0.25) is 4.99 Å². The maximum absolute atomic E-state index is 13.9. The number of hydrogen-bond donors (Lipinski definition) is 0. The van der Waals surface area contributed by atoms with Gasteiger partial charge >= 0.3 is 0 Å². The highest BCUT2D eigenvalue weighted by molar-refractivity contribution is 5.80. The molecule has 1 aromatic carbocycles. The SMILES string of the molecule is C=C(C=N/C(=C\C)C1=CC1)Cc1ccc(CC)cc1F. The normalized spacial score (nSPS) is 14.6. The third-order valence-electron chi connectivity index (χ3n) is 3.34. The molecule has 0 N–H and O–H groups in total. The van der Waals surface area contributed by atoms with Crippen LogP contribution < -0.4 is 0 Å². The number of rotatable bonds is 6. The number of halogens is 1. The van der Waals surface area contributed by atoms with E-state index in [9.17, 15) is 4.39 Å². The van der Waals surface area contributed by atoms with Crippen molar-refractivity contribution in [1.82, 2.24) is 0 Å². The van der Waals surface area contributed by atoms with Gasteiger partial charge in [-0.1, -0.05) is 37.8 Å². The van der Waals surface area contributed by atoms with E-state index in [0.717, 1.165) is 29.7 Å². The fraction of sp³-hybridized carbons (Fsp3) is 0.278. The zero-order valence-corrected chi connectivity index (χ0v) is 12.1. The number of hydrogen-bond acceptors (Lipinski definition) is 1. The van der Waals surface area contributed by atoms with Crippen molar-refractivity contribution in [3.05, 3.63) is 70.7 Å². The molecule has 1 nitrogen and oxygen atoms in total. The van der Waals surface area contributed by atoms with Gasteiger partial charge in [0.2, 0.25) is 0 Å². The number of benzene rings is 1. The van der Waals surface area contributed by atoms with Crippen molar-refractivity contribution in [1.29, 1.82) is 0 Å². The third kappa shape index (κ3) is 3.77. The topological polar surface area (TPSA) is 12.4 Å². The molecular weight excluding hydrogens is 249 g/mol. The van der Waals surface area contributed by atoms with Gasteiger partial charge < -0.3 is 0 Å². The van der Waals surface area contributed by atoms with E-state index in [1.54, 1.807) is 12.3 Å². The average molecular weight is 269 g/mol. The zero-order valence-electron chi connectivity index (χ0n) is 12.1. The lowest BCUT2D eigenvalue weighted by Gasteiger charge is -2.05. The fourth-order valence-electron chi connectivity index (χ4n) is 2.01. The Labute approximate surface area is 120 Å². The van der Waals surface area contributed by atoms with E-state index in [1.165, 1.54) is 5.57 Å². The van der Waals surface area contributed by atoms with E-state index >= 15 is 0 Å². The van der Waals surface area contributed by atoms with Crippen LogP contribution in [0.15, 0.2) is 58.8 Å². The molecule has 0 heterocycles. The van der Waals surface area contributed by atoms with E-state index in [2.05, 4.69) is 17.6 Å². The summed E-state index contributed by atoms with van der Waals surface area (Å²) < 4.78 is 13.9. The van der Waals surface area contributed by atoms with Crippen LogP contribution in [0, 0.1) is 5.82 Å². The lowest BCUT2D eigenvalue weighted by Crippen LogP contribution is -1.96. The van der Waals surface area contributed by atoms with Gasteiger partial charge in [0, 0.05) is 12.6 Å². The second-order valence-corrected chi connectivity index (χ2v) is 4.98. The van der Waals surface area contributed by atoms with Crippen LogP contribution in [0.2, 0.25) is 0 Å². The van der Waals surface area contributed by atoms with Crippen LogP contribution in [0.5, 0.6) is 0 Å². The molecule has 1 aliphatic rings. The van der Waals surface area contributed by atoms with Crippen molar-refractivity contribution >= 4 is 6.21 Å². The number of aryl methyl sites for hydroxylation is 1. The predicted octanol–water partition coefficient (Wildman–Crippen LogP) is 4.79. The van der Waals surface area contributed by atoms with Crippen LogP contribution in [0.25, 0.3) is 0 Å². The van der Waals surface area contributed by atoms with E-state index in [1.807, 2.05) is 32.1 Å². The first-order valence-electron chi connectivity index (χ1n) is 6.99. The Morgan fingerprint density at radius 1 is 1.45 bits per heavy atom. The molecular formula is C18H20FN. The van der Waals surface area contributed by atoms with Gasteiger partial charge in [-0.2, -0.15) is 0 Å². The molecule has 104 valence electrons. The Morgan fingerprint density at radius 3 is 2.75 bits per heavy atom. The summed E-state index contributed by atoms with van der Waals surface area (Å²) in [7, 11) is 0. The van der Waals surface area contributed by atoms with Gasteiger partial charge in [0.1, 0.15) is 5.82 Å². The quantitative estimate of drug-likeness (QED) is 0.658. The summed E-state index contributed by atoms with van der Waals surface area (Å²) in [6.07, 6.45) is 8.23. The summed E-state index contributed by atoms with van der Waals surface area (Å²) in [6.45, 7) is 7.95. The van der Waals surface area contributed by atoms with Gasteiger partial charge in [0.05, 0.1) is 5.70 Å². The molecule has 0 saturated heterocycles. The van der Waals surface area contributed by atoms with Crippen LogP contribution in [-0.2, 0) is 12.8 Å². The highest BCUT2D eigenvalue weighted by Gasteiger charge is 2.11. The van der Waals surface area contributed by atoms with E-state index in [4.69, 9.17) is 0 Å². The highest BCUT2D eigenvalue weighted by Crippen LogP contribution is 2.27. The van der Waals surface area contributed by atoms with Gasteiger partial charge in [-0.15, -0.1) is 0 Å². The number of aliphatic imine (C=N–C) groups is 1. The molecule has 0 bridgehead atoms. The lowest BCUT2D eigenvalue weighted by molar-refractivity contribution is 0.612. The third-order valence-corrected chi connectivity index (χ3v) is 3.34. The second kappa shape index (κ2) is 6.47. The summed E-state index contributed by atoms with van der Waals surface area (Å²) in [6, 6.07) is 5.41. The monoisotopic (exact) mass is 269 g/mol. The maximum atomic E-state index is 13.9. The summed E-state index contributed by atoms with van der Waals surface area (Å²) in [5.74, 6) is -0.157. The minimum absolute atomic E-state index is 0.157. The molecule has 0 aliphatic heterocycles. The lowest BCUT2D eigenvalue weighted by atomic mass is 10.0. The summed E-state index contributed by atoms with van der Waals surface area (Å²) >= 11 is 0. The molecule has 0 fully saturated rings. The average Bonchev–Trinajstić information content (AvgIpc) is 3.26. The van der Waals surface area contributed by atoms with Gasteiger partial charge in [0.15, 0.2) is 0 Å². The van der Waals surface area contributed by atoms with Gasteiger partial charge in [-0.25, -0.2) is 4.39 Å². The molecule has 0 amide bonds. The molecule has 2 heteroatoms. The largest absolute Gasteiger partial charge is 0.257 e. The summed E-state index contributed by atoms with van der Waals surface area (Å²) in [4.78, 5) is 4.41. The molecule has 2 rings (SSSR count). The highest BCUT2D eigenvalue weighted by atomic mass is 19.1. The van der Waals surface area contributed by atoms with Crippen molar-refractivity contribution in [2.75, 3.05) is 0 Å². The molecule has 1 aliphatic carbocycles. The van der Waals surface area contributed by atoms with Gasteiger partial charge in [0.25, 0.3) is 0 Å². The first-order valence-corrected chi connectivity index (χ1v) is 6.99. The molecule has 0 atom stereocenters. The molecule has 0 spiro atoms. The standard InChI is InChI=1S/C18H20FN/c1-4-14-6-7-16(17(19)11-14)10-13(3)12-20-18(5-2)15-8-9-15/h5-8,11-12H,3-4,9-10H2,1-2H3/b18-5-,20-12?. The molecule has 0 saturated carbocycles. The Hall–Kier alpha value is -1.96. The molecule has 0 unspecified atom stereocenters. The molecule has 0 aromatic heterocycles. The second-order valence-electron chi connectivity index (χ2n) is 4.98.